The van der Waals surface area contributed by atoms with E-state index >= 15 is 0 Å². The molecule has 49 valence electrons. The SMILES string of the molecule is CC[N]CCC(C)C. The summed E-state index contributed by atoms with van der Waals surface area (Å²) in [6, 6.07) is 0. The Morgan fingerprint density at radius 2 is 2.00 bits per heavy atom. The van der Waals surface area contributed by atoms with Crippen LogP contribution in [0.5, 0.6) is 0 Å². The van der Waals surface area contributed by atoms with E-state index in [1.807, 2.05) is 0 Å². The molecule has 8 heavy (non-hydrogen) atoms. The Hall–Kier alpha value is -0.0400. The van der Waals surface area contributed by atoms with Crippen LogP contribution in [0.3, 0.4) is 0 Å². The molecule has 0 saturated heterocycles. The van der Waals surface area contributed by atoms with E-state index in [9.17, 15) is 0 Å². The van der Waals surface area contributed by atoms with E-state index in [4.69, 9.17) is 0 Å². The molecule has 0 aromatic heterocycles. The number of hydrogen-bond acceptors (Lipinski definition) is 0. The van der Waals surface area contributed by atoms with Gasteiger partial charge in [-0.3, -0.25) is 0 Å². The minimum atomic E-state index is 0.810. The summed E-state index contributed by atoms with van der Waals surface area (Å²) in [6.45, 7) is 8.57. The molecule has 1 nitrogen and oxygen atoms in total. The largest absolute Gasteiger partial charge is 0.242 e. The minimum Gasteiger partial charge on any atom is -0.242 e. The van der Waals surface area contributed by atoms with Crippen molar-refractivity contribution in [1.82, 2.24) is 5.32 Å². The molecule has 0 N–H and O–H groups in total. The standard InChI is InChI=1S/C7H16N/c1-4-8-6-5-7(2)3/h7H,4-6H2,1-3H3. The van der Waals surface area contributed by atoms with E-state index in [1.165, 1.54) is 6.42 Å². The summed E-state index contributed by atoms with van der Waals surface area (Å²) in [5.41, 5.74) is 0. The highest BCUT2D eigenvalue weighted by atomic mass is 14.8. The van der Waals surface area contributed by atoms with Crippen molar-refractivity contribution in [2.75, 3.05) is 13.1 Å². The van der Waals surface area contributed by atoms with Crippen LogP contribution in [0.2, 0.25) is 0 Å². The fraction of sp³-hybridized carbons (Fsp3) is 1.00. The highest BCUT2D eigenvalue weighted by Gasteiger charge is 1.90. The van der Waals surface area contributed by atoms with E-state index in [0.717, 1.165) is 19.0 Å². The van der Waals surface area contributed by atoms with Gasteiger partial charge in [-0.1, -0.05) is 20.8 Å². The Morgan fingerprint density at radius 1 is 1.38 bits per heavy atom. The summed E-state index contributed by atoms with van der Waals surface area (Å²) in [4.78, 5) is 0. The normalized spacial score (nSPS) is 10.5. The second-order valence-electron chi connectivity index (χ2n) is 2.45. The lowest BCUT2D eigenvalue weighted by molar-refractivity contribution is 0.541. The summed E-state index contributed by atoms with van der Waals surface area (Å²) in [6.07, 6.45) is 1.24. The molecule has 0 aromatic rings. The van der Waals surface area contributed by atoms with Crippen LogP contribution in [0.1, 0.15) is 27.2 Å². The summed E-state index contributed by atoms with van der Waals surface area (Å²) >= 11 is 0. The molecular weight excluding hydrogens is 98.1 g/mol. The van der Waals surface area contributed by atoms with Gasteiger partial charge in [-0.05, 0) is 12.3 Å². The maximum Gasteiger partial charge on any atom is 0.0135 e. The van der Waals surface area contributed by atoms with Gasteiger partial charge >= 0.3 is 0 Å². The first-order valence-corrected chi connectivity index (χ1v) is 3.40. The van der Waals surface area contributed by atoms with E-state index in [1.54, 1.807) is 0 Å². The van der Waals surface area contributed by atoms with Crippen molar-refractivity contribution in [3.05, 3.63) is 0 Å². The monoisotopic (exact) mass is 114 g/mol. The Labute approximate surface area is 52.5 Å². The molecule has 0 aliphatic heterocycles. The third kappa shape index (κ3) is 5.96. The van der Waals surface area contributed by atoms with E-state index < -0.39 is 0 Å². The zero-order chi connectivity index (χ0) is 6.41. The Kier molecular flexibility index (Phi) is 5.08. The van der Waals surface area contributed by atoms with Gasteiger partial charge in [0.1, 0.15) is 0 Å². The van der Waals surface area contributed by atoms with Crippen LogP contribution >= 0.6 is 0 Å². The van der Waals surface area contributed by atoms with Gasteiger partial charge in [-0.25, -0.2) is 5.32 Å². The Balaban J connectivity index is 2.72. The van der Waals surface area contributed by atoms with Crippen LogP contribution in [0.25, 0.3) is 0 Å². The Bertz CT molecular complexity index is 41.7. The predicted octanol–water partition coefficient (Wildman–Crippen LogP) is 1.66. The maximum absolute atomic E-state index is 4.21. The fourth-order valence-corrected chi connectivity index (χ4v) is 0.508. The third-order valence-electron chi connectivity index (χ3n) is 1.09. The molecule has 0 unspecified atom stereocenters. The molecule has 1 radical (unpaired) electrons. The van der Waals surface area contributed by atoms with Crippen LogP contribution in [0.15, 0.2) is 0 Å². The molecule has 0 rings (SSSR count). The van der Waals surface area contributed by atoms with Crippen molar-refractivity contribution in [2.24, 2.45) is 5.92 Å². The highest BCUT2D eigenvalue weighted by molar-refractivity contribution is 4.46. The Morgan fingerprint density at radius 3 is 2.38 bits per heavy atom. The highest BCUT2D eigenvalue weighted by Crippen LogP contribution is 1.95. The molecule has 0 aromatic carbocycles. The molecule has 0 spiro atoms. The number of hydrogen-bond donors (Lipinski definition) is 0. The molecule has 0 heterocycles. The van der Waals surface area contributed by atoms with Crippen LogP contribution in [-0.4, -0.2) is 13.1 Å². The van der Waals surface area contributed by atoms with Crippen LogP contribution in [0.4, 0.5) is 0 Å². The van der Waals surface area contributed by atoms with E-state index in [-0.39, 0.29) is 0 Å². The van der Waals surface area contributed by atoms with Crippen molar-refractivity contribution in [1.29, 1.82) is 0 Å². The van der Waals surface area contributed by atoms with Gasteiger partial charge in [-0.2, -0.15) is 0 Å². The summed E-state index contributed by atoms with van der Waals surface area (Å²) < 4.78 is 0. The van der Waals surface area contributed by atoms with Crippen molar-refractivity contribution in [3.8, 4) is 0 Å². The van der Waals surface area contributed by atoms with Crippen molar-refractivity contribution in [2.45, 2.75) is 27.2 Å². The summed E-state index contributed by atoms with van der Waals surface area (Å²) in [7, 11) is 0. The molecular formula is C7H16N. The average molecular weight is 114 g/mol. The van der Waals surface area contributed by atoms with Gasteiger partial charge in [0, 0.05) is 13.1 Å². The van der Waals surface area contributed by atoms with Crippen molar-refractivity contribution in [3.63, 3.8) is 0 Å². The third-order valence-corrected chi connectivity index (χ3v) is 1.09. The maximum atomic E-state index is 4.21. The second-order valence-corrected chi connectivity index (χ2v) is 2.45. The molecule has 0 saturated carbocycles. The molecule has 0 aliphatic carbocycles. The predicted molar refractivity (Wildman–Crippen MR) is 37.0 cm³/mol. The molecule has 0 bridgehead atoms. The van der Waals surface area contributed by atoms with Gasteiger partial charge in [0.25, 0.3) is 0 Å². The van der Waals surface area contributed by atoms with E-state index in [0.29, 0.717) is 0 Å². The van der Waals surface area contributed by atoms with Gasteiger partial charge in [0.2, 0.25) is 0 Å². The molecule has 0 aliphatic rings. The quantitative estimate of drug-likeness (QED) is 0.493. The first-order valence-electron chi connectivity index (χ1n) is 3.40. The van der Waals surface area contributed by atoms with Crippen LogP contribution in [-0.2, 0) is 0 Å². The summed E-state index contributed by atoms with van der Waals surface area (Å²) in [5.74, 6) is 0.810. The van der Waals surface area contributed by atoms with Crippen LogP contribution in [0, 0.1) is 5.92 Å². The van der Waals surface area contributed by atoms with Gasteiger partial charge in [0.15, 0.2) is 0 Å². The number of rotatable bonds is 4. The molecule has 0 fully saturated rings. The minimum absolute atomic E-state index is 0.810. The molecule has 0 amide bonds. The van der Waals surface area contributed by atoms with Gasteiger partial charge in [-0.15, -0.1) is 0 Å². The lowest BCUT2D eigenvalue weighted by Gasteiger charge is -2.01. The van der Waals surface area contributed by atoms with Gasteiger partial charge in [0.05, 0.1) is 0 Å². The fourth-order valence-electron chi connectivity index (χ4n) is 0.508. The second kappa shape index (κ2) is 5.10. The summed E-state index contributed by atoms with van der Waals surface area (Å²) in [5, 5.41) is 4.21. The lowest BCUT2D eigenvalue weighted by atomic mass is 10.1. The first kappa shape index (κ1) is 7.96. The number of nitrogens with zero attached hydrogens (tertiary/aromatic N) is 1. The lowest BCUT2D eigenvalue weighted by Crippen LogP contribution is -2.07. The van der Waals surface area contributed by atoms with Crippen LogP contribution < -0.4 is 5.32 Å². The van der Waals surface area contributed by atoms with Gasteiger partial charge < -0.3 is 0 Å². The topological polar surface area (TPSA) is 14.1 Å². The average Bonchev–Trinajstić information content (AvgIpc) is 1.66. The zero-order valence-electron chi connectivity index (χ0n) is 6.15. The smallest absolute Gasteiger partial charge is 0.0135 e. The van der Waals surface area contributed by atoms with Crippen molar-refractivity contribution >= 4 is 0 Å². The van der Waals surface area contributed by atoms with Crippen molar-refractivity contribution < 1.29 is 0 Å². The zero-order valence-corrected chi connectivity index (χ0v) is 6.15. The first-order chi connectivity index (χ1) is 3.77. The molecule has 1 heteroatoms. The van der Waals surface area contributed by atoms with E-state index in [2.05, 4.69) is 26.1 Å². The molecule has 0 atom stereocenters.